The number of benzene rings is 2. The lowest BCUT2D eigenvalue weighted by atomic mass is 9.98. The Morgan fingerprint density at radius 2 is 1.80 bits per heavy atom. The lowest BCUT2D eigenvalue weighted by molar-refractivity contribution is 0.285. The normalized spacial score (nSPS) is 14.9. The second-order valence-corrected chi connectivity index (χ2v) is 11.3. The number of sulfonamides is 1. The van der Waals surface area contributed by atoms with Crippen LogP contribution in [0.2, 0.25) is 0 Å². The number of aromatic hydroxyl groups is 1. The molecule has 1 aliphatic rings. The quantitative estimate of drug-likeness (QED) is 0.445. The van der Waals surface area contributed by atoms with Gasteiger partial charge in [-0.3, -0.25) is 0 Å². The van der Waals surface area contributed by atoms with Gasteiger partial charge in [0.25, 0.3) is 0 Å². The highest BCUT2D eigenvalue weighted by atomic mass is 32.2. The molecule has 0 amide bonds. The fourth-order valence-corrected chi connectivity index (χ4v) is 5.36. The fraction of sp³-hybridized carbons (Fsp3) is 0.407. The number of piperidine rings is 1. The monoisotopic (exact) mass is 494 g/mol. The fourth-order valence-electron chi connectivity index (χ4n) is 4.50. The Labute approximate surface area is 208 Å². The van der Waals surface area contributed by atoms with Gasteiger partial charge in [0.05, 0.1) is 11.9 Å². The third-order valence-electron chi connectivity index (χ3n) is 6.48. The largest absolute Gasteiger partial charge is 0.508 e. The number of aryl methyl sites for hydroxylation is 2. The Kier molecular flexibility index (Phi) is 8.49. The van der Waals surface area contributed by atoms with Gasteiger partial charge in [-0.2, -0.15) is 4.31 Å². The molecule has 0 spiro atoms. The summed E-state index contributed by atoms with van der Waals surface area (Å²) in [6, 6.07) is 17.1. The first-order valence-electron chi connectivity index (χ1n) is 12.2. The number of phenols is 1. The molecule has 0 atom stereocenters. The van der Waals surface area contributed by atoms with Crippen LogP contribution in [-0.4, -0.2) is 53.7 Å². The van der Waals surface area contributed by atoms with Crippen molar-refractivity contribution in [1.29, 1.82) is 0 Å². The predicted molar refractivity (Wildman–Crippen MR) is 138 cm³/mol. The summed E-state index contributed by atoms with van der Waals surface area (Å²) in [5, 5.41) is 12.8. The molecule has 1 saturated heterocycles. The van der Waals surface area contributed by atoms with Crippen LogP contribution < -0.4 is 5.32 Å². The second kappa shape index (κ2) is 11.7. The first-order valence-corrected chi connectivity index (χ1v) is 14.1. The van der Waals surface area contributed by atoms with E-state index in [2.05, 4.69) is 10.3 Å². The minimum absolute atomic E-state index is 0.276. The zero-order valence-corrected chi connectivity index (χ0v) is 21.0. The van der Waals surface area contributed by atoms with Crippen molar-refractivity contribution in [3.05, 3.63) is 77.7 Å². The van der Waals surface area contributed by atoms with Crippen LogP contribution in [0.25, 0.3) is 11.3 Å². The number of aromatic nitrogens is 2. The standard InChI is InChI=1S/C27H34N4O3S/c1-35(33,34)31(19-22-12-15-28-16-13-22)20-23-5-2-6-24(18-23)26-14-17-29-27(30-26)7-3-4-21-8-10-25(32)11-9-21/h2,5-6,8-11,14,17-18,22,28,32H,3-4,7,12-13,15-16,19-20H2,1H3. The van der Waals surface area contributed by atoms with Gasteiger partial charge in [-0.15, -0.1) is 0 Å². The van der Waals surface area contributed by atoms with Gasteiger partial charge in [0.1, 0.15) is 11.6 Å². The molecule has 0 radical (unpaired) electrons. The van der Waals surface area contributed by atoms with Gasteiger partial charge in [-0.1, -0.05) is 30.3 Å². The van der Waals surface area contributed by atoms with Crippen molar-refractivity contribution in [3.63, 3.8) is 0 Å². The van der Waals surface area contributed by atoms with E-state index >= 15 is 0 Å². The van der Waals surface area contributed by atoms with E-state index in [9.17, 15) is 13.5 Å². The molecule has 1 fully saturated rings. The Balaban J connectivity index is 1.42. The van der Waals surface area contributed by atoms with Crippen LogP contribution >= 0.6 is 0 Å². The van der Waals surface area contributed by atoms with Gasteiger partial charge >= 0.3 is 0 Å². The topological polar surface area (TPSA) is 95.4 Å². The minimum Gasteiger partial charge on any atom is -0.508 e. The molecular weight excluding hydrogens is 460 g/mol. The van der Waals surface area contributed by atoms with E-state index < -0.39 is 10.0 Å². The van der Waals surface area contributed by atoms with Crippen molar-refractivity contribution in [2.24, 2.45) is 5.92 Å². The first kappa shape index (κ1) is 25.3. The molecule has 2 N–H and O–H groups in total. The molecule has 186 valence electrons. The average molecular weight is 495 g/mol. The molecule has 0 unspecified atom stereocenters. The number of hydrogen-bond donors (Lipinski definition) is 2. The van der Waals surface area contributed by atoms with Crippen LogP contribution in [0.15, 0.2) is 60.8 Å². The molecule has 0 aliphatic carbocycles. The Morgan fingerprint density at radius 1 is 1.03 bits per heavy atom. The smallest absolute Gasteiger partial charge is 0.211 e. The molecule has 0 bridgehead atoms. The summed E-state index contributed by atoms with van der Waals surface area (Å²) in [4.78, 5) is 9.20. The van der Waals surface area contributed by atoms with Crippen LogP contribution in [0.3, 0.4) is 0 Å². The molecular formula is C27H34N4O3S. The van der Waals surface area contributed by atoms with E-state index in [1.165, 1.54) is 11.8 Å². The highest BCUT2D eigenvalue weighted by molar-refractivity contribution is 7.88. The highest BCUT2D eigenvalue weighted by Crippen LogP contribution is 2.22. The third kappa shape index (κ3) is 7.59. The summed E-state index contributed by atoms with van der Waals surface area (Å²) in [5.41, 5.74) is 3.92. The van der Waals surface area contributed by atoms with Crippen LogP contribution in [0.4, 0.5) is 0 Å². The van der Waals surface area contributed by atoms with E-state index in [1.54, 1.807) is 22.6 Å². The maximum atomic E-state index is 12.5. The van der Waals surface area contributed by atoms with Gasteiger partial charge in [0.15, 0.2) is 0 Å². The zero-order chi connectivity index (χ0) is 24.7. The van der Waals surface area contributed by atoms with Crippen molar-refractivity contribution >= 4 is 10.0 Å². The lowest BCUT2D eigenvalue weighted by Gasteiger charge is -2.28. The first-order chi connectivity index (χ1) is 16.9. The summed E-state index contributed by atoms with van der Waals surface area (Å²) in [6.07, 6.45) is 7.64. The highest BCUT2D eigenvalue weighted by Gasteiger charge is 2.23. The van der Waals surface area contributed by atoms with Crippen LogP contribution in [0.5, 0.6) is 5.75 Å². The van der Waals surface area contributed by atoms with Crippen molar-refractivity contribution in [2.75, 3.05) is 25.9 Å². The molecule has 4 rings (SSSR count). The number of phenolic OH excluding ortho intramolecular Hbond substituents is 1. The molecule has 35 heavy (non-hydrogen) atoms. The van der Waals surface area contributed by atoms with Crippen LogP contribution in [-0.2, 0) is 29.4 Å². The molecule has 2 aromatic carbocycles. The van der Waals surface area contributed by atoms with E-state index in [0.717, 1.165) is 67.8 Å². The minimum atomic E-state index is -3.31. The zero-order valence-electron chi connectivity index (χ0n) is 20.2. The van der Waals surface area contributed by atoms with Crippen LogP contribution in [0, 0.1) is 5.92 Å². The number of hydrogen-bond acceptors (Lipinski definition) is 6. The van der Waals surface area contributed by atoms with Gasteiger partial charge in [0.2, 0.25) is 10.0 Å². The molecule has 2 heterocycles. The molecule has 0 saturated carbocycles. The summed E-state index contributed by atoms with van der Waals surface area (Å²) < 4.78 is 26.6. The molecule has 7 nitrogen and oxygen atoms in total. The lowest BCUT2D eigenvalue weighted by Crippen LogP contribution is -2.38. The predicted octanol–water partition coefficient (Wildman–Crippen LogP) is 3.79. The molecule has 8 heteroatoms. The average Bonchev–Trinajstić information content (AvgIpc) is 2.85. The second-order valence-electron chi connectivity index (χ2n) is 9.33. The van der Waals surface area contributed by atoms with E-state index in [4.69, 9.17) is 4.98 Å². The molecule has 1 aliphatic heterocycles. The maximum absolute atomic E-state index is 12.5. The third-order valence-corrected chi connectivity index (χ3v) is 7.70. The van der Waals surface area contributed by atoms with Crippen molar-refractivity contribution in [3.8, 4) is 17.0 Å². The van der Waals surface area contributed by atoms with Crippen molar-refractivity contribution in [2.45, 2.75) is 38.6 Å². The summed E-state index contributed by atoms with van der Waals surface area (Å²) in [5.74, 6) is 1.45. The number of rotatable bonds is 10. The Morgan fingerprint density at radius 3 is 2.54 bits per heavy atom. The number of nitrogens with zero attached hydrogens (tertiary/aromatic N) is 3. The SMILES string of the molecule is CS(=O)(=O)N(Cc1cccc(-c2ccnc(CCCc3ccc(O)cc3)n2)c1)CC1CCNCC1. The summed E-state index contributed by atoms with van der Waals surface area (Å²) >= 11 is 0. The molecule has 1 aromatic heterocycles. The van der Waals surface area contributed by atoms with E-state index in [0.29, 0.717) is 19.0 Å². The van der Waals surface area contributed by atoms with E-state index in [1.807, 2.05) is 42.5 Å². The maximum Gasteiger partial charge on any atom is 0.211 e. The van der Waals surface area contributed by atoms with Gasteiger partial charge in [-0.05, 0) is 80.1 Å². The molecule has 3 aromatic rings. The Hall–Kier alpha value is -2.81. The van der Waals surface area contributed by atoms with Gasteiger partial charge in [-0.25, -0.2) is 18.4 Å². The summed E-state index contributed by atoms with van der Waals surface area (Å²) in [7, 11) is -3.31. The van der Waals surface area contributed by atoms with E-state index in [-0.39, 0.29) is 5.75 Å². The number of nitrogens with one attached hydrogen (secondary N) is 1. The van der Waals surface area contributed by atoms with Gasteiger partial charge in [0, 0.05) is 31.3 Å². The van der Waals surface area contributed by atoms with Crippen LogP contribution in [0.1, 0.15) is 36.2 Å². The Bertz CT molecular complexity index is 1210. The van der Waals surface area contributed by atoms with Crippen molar-refractivity contribution < 1.29 is 13.5 Å². The van der Waals surface area contributed by atoms with Crippen molar-refractivity contribution in [1.82, 2.24) is 19.6 Å². The van der Waals surface area contributed by atoms with Gasteiger partial charge < -0.3 is 10.4 Å². The summed E-state index contributed by atoms with van der Waals surface area (Å²) in [6.45, 7) is 2.82.